The van der Waals surface area contributed by atoms with Crippen molar-refractivity contribution in [2.24, 2.45) is 5.41 Å². The summed E-state index contributed by atoms with van der Waals surface area (Å²) in [7, 11) is 3.00. The number of carbonyl (C=O) groups is 1. The number of hydrogen-bond acceptors (Lipinski definition) is 6. The van der Waals surface area contributed by atoms with Gasteiger partial charge in [-0.1, -0.05) is 36.4 Å². The maximum absolute atomic E-state index is 14.1. The summed E-state index contributed by atoms with van der Waals surface area (Å²) in [6.07, 6.45) is -2.11. The van der Waals surface area contributed by atoms with Crippen molar-refractivity contribution < 1.29 is 36.9 Å². The minimum atomic E-state index is -4.35. The number of alkyl halides is 3. The molecule has 9 heteroatoms. The minimum absolute atomic E-state index is 0.135. The summed E-state index contributed by atoms with van der Waals surface area (Å²) in [5, 5.41) is 0. The highest BCUT2D eigenvalue weighted by Crippen LogP contribution is 2.45. The summed E-state index contributed by atoms with van der Waals surface area (Å²) in [6, 6.07) is 22.7. The summed E-state index contributed by atoms with van der Waals surface area (Å²) < 4.78 is 64.7. The first kappa shape index (κ1) is 36.3. The van der Waals surface area contributed by atoms with Crippen LogP contribution in [0.1, 0.15) is 76.5 Å². The molecule has 256 valence electrons. The van der Waals surface area contributed by atoms with Crippen molar-refractivity contribution in [2.75, 3.05) is 33.9 Å². The Balaban J connectivity index is 1.52. The maximum Gasteiger partial charge on any atom is 0.395 e. The molecule has 1 aliphatic heterocycles. The molecule has 0 radical (unpaired) electrons. The maximum atomic E-state index is 14.1. The second-order valence-corrected chi connectivity index (χ2v) is 13.9. The van der Waals surface area contributed by atoms with Crippen LogP contribution in [0.2, 0.25) is 0 Å². The first-order valence-corrected chi connectivity index (χ1v) is 16.1. The molecule has 0 N–H and O–H groups in total. The number of carbonyl (C=O) groups excluding carboxylic acids is 1. The van der Waals surface area contributed by atoms with Gasteiger partial charge in [0.25, 0.3) is 0 Å². The lowest BCUT2D eigenvalue weighted by molar-refractivity contribution is -0.217. The molecule has 1 heterocycles. The van der Waals surface area contributed by atoms with Crippen LogP contribution in [-0.4, -0.2) is 56.6 Å². The van der Waals surface area contributed by atoms with Crippen molar-refractivity contribution in [1.82, 2.24) is 4.90 Å². The molecule has 0 saturated carbocycles. The van der Waals surface area contributed by atoms with Gasteiger partial charge in [0.1, 0.15) is 17.2 Å². The van der Waals surface area contributed by atoms with Crippen LogP contribution in [0.5, 0.6) is 17.2 Å². The molecular formula is C38H48F3NO5. The van der Waals surface area contributed by atoms with Crippen LogP contribution >= 0.6 is 0 Å². The minimum Gasteiger partial charge on any atom is -0.497 e. The number of nitrogens with zero attached hydrogens (tertiary/aromatic N) is 1. The molecule has 1 unspecified atom stereocenters. The zero-order valence-corrected chi connectivity index (χ0v) is 28.6. The van der Waals surface area contributed by atoms with E-state index in [4.69, 9.17) is 18.9 Å². The third-order valence-electron chi connectivity index (χ3n) is 9.33. The van der Waals surface area contributed by atoms with E-state index in [2.05, 4.69) is 26.0 Å². The lowest BCUT2D eigenvalue weighted by Crippen LogP contribution is -2.47. The van der Waals surface area contributed by atoms with Crippen molar-refractivity contribution in [1.29, 1.82) is 0 Å². The largest absolute Gasteiger partial charge is 0.497 e. The molecule has 0 spiro atoms. The molecule has 0 aromatic heterocycles. The molecule has 1 saturated heterocycles. The van der Waals surface area contributed by atoms with Gasteiger partial charge in [-0.3, -0.25) is 9.69 Å². The predicted octanol–water partition coefficient (Wildman–Crippen LogP) is 9.07. The van der Waals surface area contributed by atoms with Gasteiger partial charge in [-0.2, -0.15) is 13.2 Å². The first-order chi connectivity index (χ1) is 22.1. The van der Waals surface area contributed by atoms with E-state index in [1.165, 1.54) is 21.0 Å². The Morgan fingerprint density at radius 1 is 0.915 bits per heavy atom. The lowest BCUT2D eigenvalue weighted by Gasteiger charge is -2.46. The van der Waals surface area contributed by atoms with Gasteiger partial charge in [0.05, 0.1) is 31.2 Å². The Morgan fingerprint density at radius 2 is 1.49 bits per heavy atom. The number of halogens is 3. The molecule has 3 aromatic rings. The summed E-state index contributed by atoms with van der Waals surface area (Å²) in [4.78, 5) is 13.8. The Hall–Kier alpha value is -3.56. The number of rotatable bonds is 13. The molecule has 4 rings (SSSR count). The Bertz CT molecular complexity index is 1450. The van der Waals surface area contributed by atoms with Crippen LogP contribution in [-0.2, 0) is 26.2 Å². The van der Waals surface area contributed by atoms with Crippen molar-refractivity contribution in [3.63, 3.8) is 0 Å². The third-order valence-corrected chi connectivity index (χ3v) is 9.33. The summed E-state index contributed by atoms with van der Waals surface area (Å²) in [5.74, 6) is 1.28. The average molecular weight is 656 g/mol. The third kappa shape index (κ3) is 9.29. The standard InChI is InChI=1S/C38H48F3NO5/c1-27(34(43)45-7)29-10-16-33(17-11-29)47-32-14-8-28(9-15-32)24-42(26-35(2,3)38(39,40)41)22-20-37(21-23-46-36(4,5)25-37)30-12-18-31(44-6)19-13-30/h8-19,27H,20-26H2,1-7H3/t27?,37-/m1/s1. The smallest absolute Gasteiger partial charge is 0.395 e. The van der Waals surface area contributed by atoms with E-state index in [0.717, 1.165) is 35.3 Å². The lowest BCUT2D eigenvalue weighted by atomic mass is 9.67. The van der Waals surface area contributed by atoms with E-state index in [1.54, 1.807) is 26.2 Å². The van der Waals surface area contributed by atoms with Gasteiger partial charge in [-0.25, -0.2) is 0 Å². The highest BCUT2D eigenvalue weighted by molar-refractivity contribution is 5.77. The molecule has 0 aliphatic carbocycles. The molecule has 0 bridgehead atoms. The number of hydrogen-bond donors (Lipinski definition) is 0. The van der Waals surface area contributed by atoms with Gasteiger partial charge in [0.15, 0.2) is 0 Å². The molecule has 1 aliphatic rings. The van der Waals surface area contributed by atoms with E-state index >= 15 is 0 Å². The summed E-state index contributed by atoms with van der Waals surface area (Å²) in [6.45, 7) is 9.77. The van der Waals surface area contributed by atoms with E-state index in [1.807, 2.05) is 53.4 Å². The summed E-state index contributed by atoms with van der Waals surface area (Å²) >= 11 is 0. The SMILES string of the molecule is COC(=O)C(C)c1ccc(Oc2ccc(CN(CC[C@@]3(c4ccc(OC)cc4)CCOC(C)(C)C3)CC(C)(C)C(F)(F)F)cc2)cc1. The zero-order valence-electron chi connectivity index (χ0n) is 28.6. The quantitative estimate of drug-likeness (QED) is 0.171. The van der Waals surface area contributed by atoms with Gasteiger partial charge in [-0.15, -0.1) is 0 Å². The Labute approximate surface area is 277 Å². The molecule has 0 amide bonds. The van der Waals surface area contributed by atoms with Crippen molar-refractivity contribution >= 4 is 5.97 Å². The van der Waals surface area contributed by atoms with Crippen LogP contribution in [0.15, 0.2) is 72.8 Å². The van der Waals surface area contributed by atoms with Crippen molar-refractivity contribution in [2.45, 2.75) is 83.5 Å². The second-order valence-electron chi connectivity index (χ2n) is 13.9. The van der Waals surface area contributed by atoms with Gasteiger partial charge in [0, 0.05) is 25.1 Å². The van der Waals surface area contributed by atoms with Gasteiger partial charge < -0.3 is 18.9 Å². The fraction of sp³-hybridized carbons (Fsp3) is 0.500. The van der Waals surface area contributed by atoms with Crippen LogP contribution in [0.25, 0.3) is 0 Å². The van der Waals surface area contributed by atoms with Gasteiger partial charge >= 0.3 is 12.1 Å². The topological polar surface area (TPSA) is 57.2 Å². The second kappa shape index (κ2) is 14.7. The van der Waals surface area contributed by atoms with Gasteiger partial charge in [0.2, 0.25) is 0 Å². The zero-order chi connectivity index (χ0) is 34.5. The molecule has 47 heavy (non-hydrogen) atoms. The van der Waals surface area contributed by atoms with E-state index in [-0.39, 0.29) is 29.4 Å². The normalized spacial score (nSPS) is 18.9. The van der Waals surface area contributed by atoms with E-state index in [0.29, 0.717) is 37.6 Å². The summed E-state index contributed by atoms with van der Waals surface area (Å²) in [5.41, 5.74) is 0.359. The number of ether oxygens (including phenoxy) is 4. The first-order valence-electron chi connectivity index (χ1n) is 16.1. The average Bonchev–Trinajstić information content (AvgIpc) is 3.03. The Kier molecular flexibility index (Phi) is 11.3. The molecule has 1 fully saturated rings. The molecule has 3 aromatic carbocycles. The van der Waals surface area contributed by atoms with Crippen molar-refractivity contribution in [3.8, 4) is 17.2 Å². The van der Waals surface area contributed by atoms with Gasteiger partial charge in [-0.05, 0) is 114 Å². The molecular weight excluding hydrogens is 607 g/mol. The van der Waals surface area contributed by atoms with Crippen LogP contribution in [0.3, 0.4) is 0 Å². The highest BCUT2D eigenvalue weighted by Gasteiger charge is 2.48. The highest BCUT2D eigenvalue weighted by atomic mass is 19.4. The monoisotopic (exact) mass is 655 g/mol. The number of esters is 1. The van der Waals surface area contributed by atoms with E-state index in [9.17, 15) is 18.0 Å². The molecule has 6 nitrogen and oxygen atoms in total. The van der Waals surface area contributed by atoms with Crippen LogP contribution in [0, 0.1) is 5.41 Å². The van der Waals surface area contributed by atoms with Crippen LogP contribution < -0.4 is 9.47 Å². The molecule has 2 atom stereocenters. The predicted molar refractivity (Wildman–Crippen MR) is 177 cm³/mol. The van der Waals surface area contributed by atoms with Crippen molar-refractivity contribution in [3.05, 3.63) is 89.5 Å². The fourth-order valence-corrected chi connectivity index (χ4v) is 6.46. The van der Waals surface area contributed by atoms with Crippen LogP contribution in [0.4, 0.5) is 13.2 Å². The Morgan fingerprint density at radius 3 is 2.02 bits per heavy atom. The van der Waals surface area contributed by atoms with E-state index < -0.39 is 11.6 Å². The fourth-order valence-electron chi connectivity index (χ4n) is 6.46. The number of benzene rings is 3. The number of methoxy groups -OCH3 is 2.